The summed E-state index contributed by atoms with van der Waals surface area (Å²) >= 11 is 29.3. The van der Waals surface area contributed by atoms with Gasteiger partial charge in [-0.3, -0.25) is 4.98 Å². The van der Waals surface area contributed by atoms with Gasteiger partial charge in [0.2, 0.25) is 3.79 Å². The van der Waals surface area contributed by atoms with Crippen molar-refractivity contribution in [2.24, 2.45) is 0 Å². The number of aryl methyl sites for hydroxylation is 1. The minimum Gasteiger partial charge on any atom is -0.407 e. The number of alkyl halides is 3. The van der Waals surface area contributed by atoms with Crippen molar-refractivity contribution < 1.29 is 9.53 Å². The second-order valence-corrected chi connectivity index (χ2v) is 6.80. The smallest absolute Gasteiger partial charge is 0.407 e. The summed E-state index contributed by atoms with van der Waals surface area (Å²) in [5.41, 5.74) is 0.275. The molecule has 0 saturated carbocycles. The van der Waals surface area contributed by atoms with Gasteiger partial charge in [-0.1, -0.05) is 58.0 Å². The first kappa shape index (κ1) is 16.9. The van der Waals surface area contributed by atoms with Gasteiger partial charge in [-0.25, -0.2) is 4.79 Å². The first-order chi connectivity index (χ1) is 8.55. The molecule has 9 heteroatoms. The summed E-state index contributed by atoms with van der Waals surface area (Å²) in [7, 11) is 3.02. The number of pyridine rings is 1. The van der Waals surface area contributed by atoms with Crippen LogP contribution in [0.5, 0.6) is 5.75 Å². The summed E-state index contributed by atoms with van der Waals surface area (Å²) in [5.74, 6) is -0.0872. The number of rotatable bonds is 1. The van der Waals surface area contributed by atoms with Crippen LogP contribution in [0.25, 0.3) is 0 Å². The number of carbonyl (C=O) groups is 1. The predicted molar refractivity (Wildman–Crippen MR) is 77.9 cm³/mol. The third-order valence-electron chi connectivity index (χ3n) is 2.03. The second kappa shape index (κ2) is 6.10. The summed E-state index contributed by atoms with van der Waals surface area (Å²) in [5, 5.41) is -0.0380. The molecule has 0 N–H and O–H groups in total. The molecule has 1 heterocycles. The van der Waals surface area contributed by atoms with Crippen LogP contribution in [-0.2, 0) is 3.79 Å². The monoisotopic (exact) mass is 364 g/mol. The van der Waals surface area contributed by atoms with Gasteiger partial charge in [0, 0.05) is 14.1 Å². The molecule has 0 unspecified atom stereocenters. The average Bonchev–Trinajstić information content (AvgIpc) is 2.27. The first-order valence-electron chi connectivity index (χ1n) is 4.87. The van der Waals surface area contributed by atoms with E-state index in [1.54, 1.807) is 6.92 Å². The van der Waals surface area contributed by atoms with Gasteiger partial charge in [0.1, 0.15) is 15.7 Å². The van der Waals surface area contributed by atoms with E-state index in [0.717, 1.165) is 0 Å². The molecule has 0 fully saturated rings. The molecule has 0 radical (unpaired) electrons. The number of halogens is 5. The van der Waals surface area contributed by atoms with Crippen LogP contribution in [0, 0.1) is 6.92 Å². The van der Waals surface area contributed by atoms with Crippen molar-refractivity contribution in [2.45, 2.75) is 10.7 Å². The first-order valence-corrected chi connectivity index (χ1v) is 6.76. The number of ether oxygens (including phenoxy) is 1. The summed E-state index contributed by atoms with van der Waals surface area (Å²) in [6.07, 6.45) is -0.662. The van der Waals surface area contributed by atoms with Gasteiger partial charge >= 0.3 is 6.09 Å². The van der Waals surface area contributed by atoms with Gasteiger partial charge in [-0.15, -0.1) is 0 Å². The molecule has 1 aromatic rings. The fourth-order valence-corrected chi connectivity index (χ4v) is 2.19. The van der Waals surface area contributed by atoms with E-state index in [1.165, 1.54) is 19.0 Å². The summed E-state index contributed by atoms with van der Waals surface area (Å²) in [4.78, 5) is 16.8. The van der Waals surface area contributed by atoms with Crippen molar-refractivity contribution >= 4 is 64.1 Å². The summed E-state index contributed by atoms with van der Waals surface area (Å²) in [6.45, 7) is 1.57. The molecule has 0 spiro atoms. The normalized spacial score (nSPS) is 11.4. The molecule has 1 rings (SSSR count). The number of amides is 1. The number of hydrogen-bond donors (Lipinski definition) is 0. The number of aromatic nitrogens is 1. The van der Waals surface area contributed by atoms with Gasteiger partial charge in [0.25, 0.3) is 0 Å². The van der Waals surface area contributed by atoms with Crippen molar-refractivity contribution in [2.75, 3.05) is 14.1 Å². The van der Waals surface area contributed by atoms with Gasteiger partial charge < -0.3 is 9.64 Å². The second-order valence-electron chi connectivity index (χ2n) is 3.76. The third kappa shape index (κ3) is 3.92. The van der Waals surface area contributed by atoms with Crippen molar-refractivity contribution in [3.63, 3.8) is 0 Å². The Bertz CT molecular complexity index is 514. The average molecular weight is 366 g/mol. The zero-order valence-electron chi connectivity index (χ0n) is 10.1. The highest BCUT2D eigenvalue weighted by atomic mass is 35.6. The molecule has 0 aromatic carbocycles. The van der Waals surface area contributed by atoms with Crippen LogP contribution < -0.4 is 4.74 Å². The van der Waals surface area contributed by atoms with Crippen LogP contribution in [0.3, 0.4) is 0 Å². The molecular weight excluding hydrogens is 357 g/mol. The van der Waals surface area contributed by atoms with Crippen LogP contribution >= 0.6 is 58.0 Å². The van der Waals surface area contributed by atoms with Crippen LogP contribution in [0.2, 0.25) is 10.0 Å². The Balaban J connectivity index is 3.38. The summed E-state index contributed by atoms with van der Waals surface area (Å²) in [6, 6.07) is 0. The molecule has 4 nitrogen and oxygen atoms in total. The Labute approximate surface area is 135 Å². The lowest BCUT2D eigenvalue weighted by Gasteiger charge is -2.18. The lowest BCUT2D eigenvalue weighted by molar-refractivity contribution is 0.172. The van der Waals surface area contributed by atoms with Crippen LogP contribution in [0.15, 0.2) is 0 Å². The molecule has 0 bridgehead atoms. The molecule has 0 saturated heterocycles. The number of hydrogen-bond acceptors (Lipinski definition) is 3. The molecule has 0 aliphatic heterocycles. The Morgan fingerprint density at radius 3 is 2.16 bits per heavy atom. The number of carbonyl (C=O) groups excluding carboxylic acids is 1. The lowest BCUT2D eigenvalue weighted by atomic mass is 10.3. The van der Waals surface area contributed by atoms with Gasteiger partial charge in [-0.05, 0) is 6.92 Å². The van der Waals surface area contributed by atoms with E-state index in [1.807, 2.05) is 0 Å². The maximum absolute atomic E-state index is 11.6. The van der Waals surface area contributed by atoms with Gasteiger partial charge in [-0.2, -0.15) is 0 Å². The van der Waals surface area contributed by atoms with Crippen LogP contribution in [-0.4, -0.2) is 30.1 Å². The molecule has 19 heavy (non-hydrogen) atoms. The summed E-state index contributed by atoms with van der Waals surface area (Å²) < 4.78 is 3.21. The van der Waals surface area contributed by atoms with E-state index in [2.05, 4.69) is 4.98 Å². The minimum absolute atomic E-state index is 0.0531. The van der Waals surface area contributed by atoms with E-state index in [4.69, 9.17) is 62.7 Å². The Morgan fingerprint density at radius 2 is 1.74 bits per heavy atom. The highest BCUT2D eigenvalue weighted by Crippen LogP contribution is 2.46. The Morgan fingerprint density at radius 1 is 1.21 bits per heavy atom. The highest BCUT2D eigenvalue weighted by molar-refractivity contribution is 6.67. The maximum Gasteiger partial charge on any atom is 0.414 e. The standard InChI is InChI=1S/C10H9Cl5N2O2/c1-4-5(11)7(19-9(18)17(2)3)6(12)8(16-4)10(13,14)15/h1-3H3. The fraction of sp³-hybridized carbons (Fsp3) is 0.400. The molecule has 1 amide bonds. The third-order valence-corrected chi connectivity index (χ3v) is 3.36. The lowest BCUT2D eigenvalue weighted by Crippen LogP contribution is -2.26. The fourth-order valence-electron chi connectivity index (χ4n) is 1.09. The molecule has 0 atom stereocenters. The van der Waals surface area contributed by atoms with Gasteiger partial charge in [0.05, 0.1) is 5.69 Å². The van der Waals surface area contributed by atoms with E-state index in [9.17, 15) is 4.79 Å². The van der Waals surface area contributed by atoms with Gasteiger partial charge in [0.15, 0.2) is 5.75 Å². The van der Waals surface area contributed by atoms with Crippen LogP contribution in [0.1, 0.15) is 11.4 Å². The van der Waals surface area contributed by atoms with Crippen molar-refractivity contribution in [1.82, 2.24) is 9.88 Å². The van der Waals surface area contributed by atoms with E-state index >= 15 is 0 Å². The van der Waals surface area contributed by atoms with Crippen molar-refractivity contribution in [1.29, 1.82) is 0 Å². The van der Waals surface area contributed by atoms with E-state index in [0.29, 0.717) is 5.69 Å². The largest absolute Gasteiger partial charge is 0.414 e. The highest BCUT2D eigenvalue weighted by Gasteiger charge is 2.32. The zero-order valence-corrected chi connectivity index (χ0v) is 13.9. The molecule has 1 aromatic heterocycles. The maximum atomic E-state index is 11.6. The zero-order chi connectivity index (χ0) is 15.0. The van der Waals surface area contributed by atoms with Crippen LogP contribution in [0.4, 0.5) is 4.79 Å². The SMILES string of the molecule is Cc1nc(C(Cl)(Cl)Cl)c(Cl)c(OC(=O)N(C)C)c1Cl. The van der Waals surface area contributed by atoms with Crippen molar-refractivity contribution in [3.05, 3.63) is 21.4 Å². The minimum atomic E-state index is -1.86. The molecule has 106 valence electrons. The quantitative estimate of drug-likeness (QED) is 0.683. The molecule has 0 aliphatic rings. The molecule has 0 aliphatic carbocycles. The number of nitrogens with zero attached hydrogens (tertiary/aromatic N) is 2. The predicted octanol–water partition coefficient (Wildman–Crippen LogP) is 4.58. The van der Waals surface area contributed by atoms with E-state index < -0.39 is 9.89 Å². The Kier molecular flexibility index (Phi) is 5.43. The van der Waals surface area contributed by atoms with Crippen molar-refractivity contribution in [3.8, 4) is 5.75 Å². The molecular formula is C10H9Cl5N2O2. The topological polar surface area (TPSA) is 42.4 Å². The van der Waals surface area contributed by atoms with E-state index in [-0.39, 0.29) is 21.5 Å². The Hall–Kier alpha value is -0.130.